The summed E-state index contributed by atoms with van der Waals surface area (Å²) < 4.78 is 21.3. The normalized spacial score (nSPS) is 15.4. The number of nitrogens with one attached hydrogen (secondary N) is 3. The number of oxazole rings is 1. The number of aromatic nitrogens is 3. The third-order valence-corrected chi connectivity index (χ3v) is 6.50. The minimum absolute atomic E-state index is 0.0611. The van der Waals surface area contributed by atoms with Crippen LogP contribution in [-0.4, -0.2) is 26.6 Å². The second-order valence-electron chi connectivity index (χ2n) is 8.91. The van der Waals surface area contributed by atoms with Crippen molar-refractivity contribution in [3.8, 4) is 0 Å². The molecule has 4 aromatic rings. The average molecular weight is 537 g/mol. The summed E-state index contributed by atoms with van der Waals surface area (Å²) >= 11 is 6.61. The number of aryl methyl sites for hydroxylation is 2. The van der Waals surface area contributed by atoms with Gasteiger partial charge in [-0.15, -0.1) is 0 Å². The first-order valence-corrected chi connectivity index (χ1v) is 12.3. The van der Waals surface area contributed by atoms with Gasteiger partial charge in [-0.1, -0.05) is 23.7 Å². The van der Waals surface area contributed by atoms with Gasteiger partial charge in [0, 0.05) is 41.1 Å². The summed E-state index contributed by atoms with van der Waals surface area (Å²) in [6.07, 6.45) is 3.60. The number of nitrogens with zero attached hydrogens (tertiary/aromatic N) is 4. The molecule has 3 heterocycles. The van der Waals surface area contributed by atoms with Crippen LogP contribution in [0.25, 0.3) is 11.1 Å². The van der Waals surface area contributed by atoms with Crippen molar-refractivity contribution in [3.05, 3.63) is 81.5 Å². The first kappa shape index (κ1) is 25.3. The van der Waals surface area contributed by atoms with E-state index in [4.69, 9.17) is 26.7 Å². The number of benzene rings is 2. The van der Waals surface area contributed by atoms with Crippen LogP contribution >= 0.6 is 11.6 Å². The molecule has 1 aliphatic heterocycles. The van der Waals surface area contributed by atoms with Gasteiger partial charge in [-0.2, -0.15) is 10.1 Å². The van der Waals surface area contributed by atoms with Crippen LogP contribution in [0, 0.1) is 12.7 Å². The van der Waals surface area contributed by atoms with Crippen LogP contribution in [0.1, 0.15) is 36.6 Å². The maximum atomic E-state index is 13.9. The number of amides is 1. The van der Waals surface area contributed by atoms with Crippen LogP contribution in [0.5, 0.6) is 0 Å². The first-order chi connectivity index (χ1) is 18.2. The number of rotatable bonds is 6. The van der Waals surface area contributed by atoms with Crippen LogP contribution in [0.3, 0.4) is 0 Å². The second kappa shape index (κ2) is 10.2. The third kappa shape index (κ3) is 4.92. The van der Waals surface area contributed by atoms with Gasteiger partial charge in [0.1, 0.15) is 23.1 Å². The summed E-state index contributed by atoms with van der Waals surface area (Å²) in [6.45, 7) is 6.74. The number of nitrogen functional groups attached to an aromatic ring is 1. The van der Waals surface area contributed by atoms with Crippen LogP contribution in [0.15, 0.2) is 63.4 Å². The molecule has 5 rings (SSSR count). The lowest BCUT2D eigenvalue weighted by molar-refractivity contribution is -0.118. The SMILES string of the molecule is CCn1cc(CNC(=O)C2=C(C)NC(Nc3nc4ccc(F)c(N)c4o3)=N[C@H]2c2ccc(C)cc2Cl)cn1. The Balaban J connectivity index is 1.45. The van der Waals surface area contributed by atoms with Crippen molar-refractivity contribution in [1.29, 1.82) is 0 Å². The molecule has 0 saturated carbocycles. The van der Waals surface area contributed by atoms with Gasteiger partial charge in [0.05, 0.1) is 11.8 Å². The number of halogens is 2. The monoisotopic (exact) mass is 536 g/mol. The highest BCUT2D eigenvalue weighted by molar-refractivity contribution is 6.31. The van der Waals surface area contributed by atoms with Crippen molar-refractivity contribution in [3.63, 3.8) is 0 Å². The molecule has 0 unspecified atom stereocenters. The van der Waals surface area contributed by atoms with Crippen molar-refractivity contribution in [2.24, 2.45) is 4.99 Å². The van der Waals surface area contributed by atoms with Crippen LogP contribution in [-0.2, 0) is 17.9 Å². The molecule has 0 bridgehead atoms. The molecule has 10 nitrogen and oxygen atoms in total. The Bertz CT molecular complexity index is 1610. The van der Waals surface area contributed by atoms with E-state index in [1.54, 1.807) is 17.8 Å². The Hall–Kier alpha value is -4.38. The van der Waals surface area contributed by atoms with Gasteiger partial charge < -0.3 is 20.8 Å². The summed E-state index contributed by atoms with van der Waals surface area (Å²) in [5.41, 5.74) is 9.66. The molecule has 0 aliphatic carbocycles. The van der Waals surface area contributed by atoms with Gasteiger partial charge in [0.15, 0.2) is 5.58 Å². The Morgan fingerprint density at radius 1 is 1.29 bits per heavy atom. The van der Waals surface area contributed by atoms with Crippen molar-refractivity contribution in [2.75, 3.05) is 11.1 Å². The number of nitrogens with two attached hydrogens (primary N) is 1. The van der Waals surface area contributed by atoms with E-state index >= 15 is 0 Å². The summed E-state index contributed by atoms with van der Waals surface area (Å²) in [5.74, 6) is -0.622. The number of carbonyl (C=O) groups excluding carboxylic acids is 1. The maximum Gasteiger partial charge on any atom is 0.302 e. The minimum atomic E-state index is -0.725. The second-order valence-corrected chi connectivity index (χ2v) is 9.32. The average Bonchev–Trinajstić information content (AvgIpc) is 3.51. The first-order valence-electron chi connectivity index (χ1n) is 12.0. The standard InChI is InChI=1S/C26H26ClFN8O2/c1-4-36-12-15(11-31-36)10-30-24(37)20-14(3)32-25(34-22(20)16-6-5-13(2)9-17(16)27)35-26-33-19-8-7-18(28)21(29)23(19)38-26/h5-9,11-12,22H,4,10,29H2,1-3H3,(H,30,37)(H2,32,33,34,35)/t22-/m0/s1. The fraction of sp³-hybridized carbons (Fsp3) is 0.231. The van der Waals surface area contributed by atoms with E-state index in [0.29, 0.717) is 33.9 Å². The largest absolute Gasteiger partial charge is 0.421 e. The Morgan fingerprint density at radius 3 is 2.84 bits per heavy atom. The smallest absolute Gasteiger partial charge is 0.302 e. The quantitative estimate of drug-likeness (QED) is 0.268. The van der Waals surface area contributed by atoms with Gasteiger partial charge in [0.2, 0.25) is 5.96 Å². The lowest BCUT2D eigenvalue weighted by Crippen LogP contribution is -2.39. The Labute approximate surface area is 222 Å². The predicted molar refractivity (Wildman–Crippen MR) is 144 cm³/mol. The number of aliphatic imine (C=N–C) groups is 1. The van der Waals surface area contributed by atoms with Gasteiger partial charge in [-0.25, -0.2) is 9.38 Å². The number of allylic oxidation sites excluding steroid dienone is 1. The van der Waals surface area contributed by atoms with E-state index < -0.39 is 11.9 Å². The summed E-state index contributed by atoms with van der Waals surface area (Å²) in [7, 11) is 0. The molecular formula is C26H26ClFN8O2. The molecule has 1 atom stereocenters. The number of carbonyl (C=O) groups is 1. The van der Waals surface area contributed by atoms with Gasteiger partial charge in [-0.05, 0) is 44.5 Å². The molecule has 12 heteroatoms. The molecule has 196 valence electrons. The van der Waals surface area contributed by atoms with Gasteiger partial charge in [-0.3, -0.25) is 14.8 Å². The van der Waals surface area contributed by atoms with E-state index in [9.17, 15) is 9.18 Å². The number of guanidine groups is 1. The highest BCUT2D eigenvalue weighted by atomic mass is 35.5. The summed E-state index contributed by atoms with van der Waals surface area (Å²) in [5, 5.41) is 13.8. The topological polar surface area (TPSA) is 135 Å². The zero-order valence-corrected chi connectivity index (χ0v) is 21.7. The fourth-order valence-corrected chi connectivity index (χ4v) is 4.54. The molecule has 1 aliphatic rings. The molecule has 0 saturated heterocycles. The molecule has 2 aromatic carbocycles. The number of hydrogen-bond donors (Lipinski definition) is 4. The predicted octanol–water partition coefficient (Wildman–Crippen LogP) is 4.43. The fourth-order valence-electron chi connectivity index (χ4n) is 4.20. The lowest BCUT2D eigenvalue weighted by atomic mass is 9.95. The molecule has 5 N–H and O–H groups in total. The number of anilines is 2. The highest BCUT2D eigenvalue weighted by Crippen LogP contribution is 2.36. The van der Waals surface area contributed by atoms with E-state index in [1.807, 2.05) is 38.2 Å². The number of fused-ring (bicyclic) bond motifs is 1. The zero-order valence-electron chi connectivity index (χ0n) is 21.0. The summed E-state index contributed by atoms with van der Waals surface area (Å²) in [6, 6.07) is 7.61. The molecule has 0 fully saturated rings. The zero-order chi connectivity index (χ0) is 27.0. The van der Waals surface area contributed by atoms with E-state index in [0.717, 1.165) is 17.7 Å². The molecule has 1 amide bonds. The van der Waals surface area contributed by atoms with Crippen LogP contribution < -0.4 is 21.7 Å². The van der Waals surface area contributed by atoms with Crippen molar-refractivity contribution in [1.82, 2.24) is 25.4 Å². The Morgan fingerprint density at radius 2 is 2.11 bits per heavy atom. The molecule has 2 aromatic heterocycles. The van der Waals surface area contributed by atoms with E-state index in [-0.39, 0.29) is 29.2 Å². The lowest BCUT2D eigenvalue weighted by Gasteiger charge is -2.27. The van der Waals surface area contributed by atoms with Gasteiger partial charge >= 0.3 is 6.01 Å². The Kier molecular flexibility index (Phi) is 6.77. The number of hydrogen-bond acceptors (Lipinski definition) is 8. The highest BCUT2D eigenvalue weighted by Gasteiger charge is 2.31. The van der Waals surface area contributed by atoms with Crippen molar-refractivity contribution in [2.45, 2.75) is 39.9 Å². The van der Waals surface area contributed by atoms with Crippen molar-refractivity contribution < 1.29 is 13.6 Å². The van der Waals surface area contributed by atoms with Crippen molar-refractivity contribution >= 4 is 46.3 Å². The molecule has 0 radical (unpaired) electrons. The molecule has 0 spiro atoms. The molecular weight excluding hydrogens is 511 g/mol. The maximum absolute atomic E-state index is 13.9. The van der Waals surface area contributed by atoms with Crippen LogP contribution in [0.4, 0.5) is 16.1 Å². The van der Waals surface area contributed by atoms with E-state index in [2.05, 4.69) is 26.0 Å². The van der Waals surface area contributed by atoms with Gasteiger partial charge in [0.25, 0.3) is 5.91 Å². The minimum Gasteiger partial charge on any atom is -0.421 e. The van der Waals surface area contributed by atoms with Crippen LogP contribution in [0.2, 0.25) is 5.02 Å². The third-order valence-electron chi connectivity index (χ3n) is 6.17. The summed E-state index contributed by atoms with van der Waals surface area (Å²) in [4.78, 5) is 22.5. The molecule has 38 heavy (non-hydrogen) atoms. The van der Waals surface area contributed by atoms with E-state index in [1.165, 1.54) is 12.1 Å².